The highest BCUT2D eigenvalue weighted by Gasteiger charge is 2.52. The third kappa shape index (κ3) is 4.02. The molecule has 0 bridgehead atoms. The molecule has 1 spiro atoms. The number of nitrogens with zero attached hydrogens (tertiary/aromatic N) is 1. The van der Waals surface area contributed by atoms with Crippen LogP contribution >= 0.6 is 0 Å². The largest absolute Gasteiger partial charge is 0.458 e. The summed E-state index contributed by atoms with van der Waals surface area (Å²) >= 11 is 0. The quantitative estimate of drug-likeness (QED) is 0.784. The van der Waals surface area contributed by atoms with Crippen LogP contribution in [0.2, 0.25) is 0 Å². The molecular formula is C23H30N2O4. The number of amides is 2. The number of anilines is 1. The van der Waals surface area contributed by atoms with Crippen LogP contribution in [-0.2, 0) is 14.3 Å². The molecule has 6 heteroatoms. The molecule has 0 radical (unpaired) electrons. The minimum absolute atomic E-state index is 0.0472. The summed E-state index contributed by atoms with van der Waals surface area (Å²) in [4.78, 5) is 39.6. The molecule has 3 aliphatic rings. The first-order valence-electron chi connectivity index (χ1n) is 10.9. The SMILES string of the molecule is C[C@H]1CCCCN1C(=O)c1ccc(NC(=O)[C@H]2CC(=O)OC23CCCCC3)cc1. The van der Waals surface area contributed by atoms with Crippen LogP contribution in [0.3, 0.4) is 0 Å². The number of carbonyl (C=O) groups is 3. The zero-order valence-electron chi connectivity index (χ0n) is 17.1. The Hall–Kier alpha value is -2.37. The van der Waals surface area contributed by atoms with Crippen molar-refractivity contribution in [1.82, 2.24) is 4.90 Å². The highest BCUT2D eigenvalue weighted by atomic mass is 16.6. The average Bonchev–Trinajstić information content (AvgIpc) is 3.04. The molecule has 2 aliphatic heterocycles. The normalized spacial score (nSPS) is 26.2. The molecule has 1 N–H and O–H groups in total. The van der Waals surface area contributed by atoms with Crippen molar-refractivity contribution in [2.45, 2.75) is 76.4 Å². The van der Waals surface area contributed by atoms with Gasteiger partial charge in [0.2, 0.25) is 5.91 Å². The standard InChI is InChI=1S/C23H30N2O4/c1-16-7-3-6-14-25(16)22(28)17-8-10-18(11-9-17)24-21(27)19-15-20(26)29-23(19)12-4-2-5-13-23/h8-11,16,19H,2-7,12-15H2,1H3,(H,24,27)/t16-,19+/m0/s1. The van der Waals surface area contributed by atoms with E-state index in [1.807, 2.05) is 4.90 Å². The lowest BCUT2D eigenvalue weighted by Crippen LogP contribution is -2.43. The Morgan fingerprint density at radius 3 is 2.48 bits per heavy atom. The summed E-state index contributed by atoms with van der Waals surface area (Å²) in [5, 5.41) is 2.93. The molecule has 2 heterocycles. The number of likely N-dealkylation sites (tertiary alicyclic amines) is 1. The van der Waals surface area contributed by atoms with E-state index in [9.17, 15) is 14.4 Å². The van der Waals surface area contributed by atoms with Gasteiger partial charge in [0.1, 0.15) is 5.60 Å². The molecule has 4 rings (SSSR count). The lowest BCUT2D eigenvalue weighted by molar-refractivity contribution is -0.153. The predicted octanol–water partition coefficient (Wildman–Crippen LogP) is 3.91. The molecule has 1 aliphatic carbocycles. The van der Waals surface area contributed by atoms with Crippen LogP contribution in [0.15, 0.2) is 24.3 Å². The second kappa shape index (κ2) is 8.17. The van der Waals surface area contributed by atoms with E-state index >= 15 is 0 Å². The highest BCUT2D eigenvalue weighted by Crippen LogP contribution is 2.44. The van der Waals surface area contributed by atoms with Crippen LogP contribution in [-0.4, -0.2) is 40.9 Å². The molecule has 0 unspecified atom stereocenters. The van der Waals surface area contributed by atoms with E-state index in [1.165, 1.54) is 6.42 Å². The number of nitrogens with one attached hydrogen (secondary N) is 1. The molecule has 2 amide bonds. The van der Waals surface area contributed by atoms with E-state index in [0.717, 1.165) is 51.5 Å². The molecule has 2 atom stereocenters. The van der Waals surface area contributed by atoms with Gasteiger partial charge >= 0.3 is 5.97 Å². The molecule has 1 aromatic rings. The van der Waals surface area contributed by atoms with Gasteiger partial charge in [-0.2, -0.15) is 0 Å². The molecule has 0 aromatic heterocycles. The Bertz CT molecular complexity index is 783. The first-order valence-corrected chi connectivity index (χ1v) is 10.9. The number of hydrogen-bond donors (Lipinski definition) is 1. The Labute approximate surface area is 172 Å². The van der Waals surface area contributed by atoms with Gasteiger partial charge in [-0.1, -0.05) is 6.42 Å². The maximum Gasteiger partial charge on any atom is 0.307 e. The minimum atomic E-state index is -0.625. The number of piperidine rings is 1. The van der Waals surface area contributed by atoms with E-state index in [-0.39, 0.29) is 30.2 Å². The summed E-state index contributed by atoms with van der Waals surface area (Å²) in [6, 6.07) is 7.34. The van der Waals surface area contributed by atoms with Gasteiger partial charge in [-0.3, -0.25) is 14.4 Å². The van der Waals surface area contributed by atoms with Crippen LogP contribution in [0.5, 0.6) is 0 Å². The minimum Gasteiger partial charge on any atom is -0.458 e. The molecule has 2 saturated heterocycles. The summed E-state index contributed by atoms with van der Waals surface area (Å²) < 4.78 is 5.64. The summed E-state index contributed by atoms with van der Waals surface area (Å²) in [5.41, 5.74) is 0.656. The van der Waals surface area contributed by atoms with Gasteiger partial charge in [0.25, 0.3) is 5.91 Å². The third-order valence-electron chi connectivity index (χ3n) is 6.80. The van der Waals surface area contributed by atoms with Gasteiger partial charge in [-0.05, 0) is 76.1 Å². The van der Waals surface area contributed by atoms with Crippen molar-refractivity contribution in [2.24, 2.45) is 5.92 Å². The van der Waals surface area contributed by atoms with Crippen molar-refractivity contribution in [3.8, 4) is 0 Å². The Kier molecular flexibility index (Phi) is 5.61. The second-order valence-corrected chi connectivity index (χ2v) is 8.77. The number of benzene rings is 1. The number of carbonyl (C=O) groups excluding carboxylic acids is 3. The zero-order valence-corrected chi connectivity index (χ0v) is 17.1. The fraction of sp³-hybridized carbons (Fsp3) is 0.609. The summed E-state index contributed by atoms with van der Waals surface area (Å²) in [6.07, 6.45) is 8.04. The van der Waals surface area contributed by atoms with Gasteiger partial charge in [0.05, 0.1) is 12.3 Å². The van der Waals surface area contributed by atoms with Gasteiger partial charge in [0.15, 0.2) is 0 Å². The smallest absolute Gasteiger partial charge is 0.307 e. The maximum atomic E-state index is 12.9. The number of hydrogen-bond acceptors (Lipinski definition) is 4. The van der Waals surface area contributed by atoms with Crippen molar-refractivity contribution >= 4 is 23.5 Å². The molecular weight excluding hydrogens is 368 g/mol. The topological polar surface area (TPSA) is 75.7 Å². The monoisotopic (exact) mass is 398 g/mol. The van der Waals surface area contributed by atoms with Crippen LogP contribution in [0, 0.1) is 5.92 Å². The van der Waals surface area contributed by atoms with Crippen LogP contribution in [0.25, 0.3) is 0 Å². The van der Waals surface area contributed by atoms with Crippen molar-refractivity contribution in [2.75, 3.05) is 11.9 Å². The molecule has 1 saturated carbocycles. The van der Waals surface area contributed by atoms with Crippen LogP contribution < -0.4 is 5.32 Å². The van der Waals surface area contributed by atoms with Crippen LogP contribution in [0.4, 0.5) is 5.69 Å². The first-order chi connectivity index (χ1) is 14.0. The zero-order chi connectivity index (χ0) is 20.4. The molecule has 6 nitrogen and oxygen atoms in total. The predicted molar refractivity (Wildman–Crippen MR) is 109 cm³/mol. The fourth-order valence-electron chi connectivity index (χ4n) is 5.12. The van der Waals surface area contributed by atoms with E-state index in [2.05, 4.69) is 12.2 Å². The van der Waals surface area contributed by atoms with E-state index in [4.69, 9.17) is 4.74 Å². The maximum absolute atomic E-state index is 12.9. The van der Waals surface area contributed by atoms with Crippen molar-refractivity contribution in [3.05, 3.63) is 29.8 Å². The third-order valence-corrected chi connectivity index (χ3v) is 6.80. The van der Waals surface area contributed by atoms with E-state index in [1.54, 1.807) is 24.3 Å². The molecule has 1 aromatic carbocycles. The van der Waals surface area contributed by atoms with E-state index in [0.29, 0.717) is 11.3 Å². The van der Waals surface area contributed by atoms with Gasteiger partial charge < -0.3 is 15.0 Å². The van der Waals surface area contributed by atoms with Gasteiger partial charge in [-0.15, -0.1) is 0 Å². The number of esters is 1. The molecule has 3 fully saturated rings. The van der Waals surface area contributed by atoms with Crippen molar-refractivity contribution in [3.63, 3.8) is 0 Å². The highest BCUT2D eigenvalue weighted by molar-refractivity contribution is 5.98. The lowest BCUT2D eigenvalue weighted by Gasteiger charge is -2.36. The van der Waals surface area contributed by atoms with Gasteiger partial charge in [-0.25, -0.2) is 0 Å². The first kappa shape index (κ1) is 19.9. The van der Waals surface area contributed by atoms with Crippen molar-refractivity contribution < 1.29 is 19.1 Å². The van der Waals surface area contributed by atoms with Gasteiger partial charge in [0, 0.05) is 23.8 Å². The molecule has 29 heavy (non-hydrogen) atoms. The number of rotatable bonds is 3. The fourth-order valence-corrected chi connectivity index (χ4v) is 5.12. The summed E-state index contributed by atoms with van der Waals surface area (Å²) in [6.45, 7) is 2.90. The Morgan fingerprint density at radius 1 is 1.07 bits per heavy atom. The van der Waals surface area contributed by atoms with Crippen LogP contribution in [0.1, 0.15) is 75.1 Å². The number of ether oxygens (including phenoxy) is 1. The van der Waals surface area contributed by atoms with E-state index < -0.39 is 11.5 Å². The average molecular weight is 399 g/mol. The summed E-state index contributed by atoms with van der Waals surface area (Å²) in [5.74, 6) is -0.832. The Morgan fingerprint density at radius 2 is 1.79 bits per heavy atom. The van der Waals surface area contributed by atoms with Crippen molar-refractivity contribution in [1.29, 1.82) is 0 Å². The lowest BCUT2D eigenvalue weighted by atomic mass is 9.75. The Balaban J connectivity index is 1.42. The summed E-state index contributed by atoms with van der Waals surface area (Å²) in [7, 11) is 0. The molecule has 156 valence electrons. The second-order valence-electron chi connectivity index (χ2n) is 8.77.